The van der Waals surface area contributed by atoms with E-state index in [4.69, 9.17) is 0 Å². The van der Waals surface area contributed by atoms with Crippen molar-refractivity contribution in [3.63, 3.8) is 0 Å². The van der Waals surface area contributed by atoms with E-state index in [9.17, 15) is 36.8 Å². The van der Waals surface area contributed by atoms with Crippen molar-refractivity contribution in [1.82, 2.24) is 14.8 Å². The Labute approximate surface area is 270 Å². The van der Waals surface area contributed by atoms with Crippen molar-refractivity contribution in [3.05, 3.63) is 94.2 Å². The molecule has 0 radical (unpaired) electrons. The molecular weight excluding hydrogens is 617 g/mol. The predicted molar refractivity (Wildman–Crippen MR) is 168 cm³/mol. The number of aryl methyl sites for hydroxylation is 1. The molecule has 7 nitrogen and oxygen atoms in total. The van der Waals surface area contributed by atoms with Gasteiger partial charge in [0.05, 0.1) is 23.2 Å². The molecule has 3 heterocycles. The minimum atomic E-state index is -4.58. The van der Waals surface area contributed by atoms with E-state index in [0.717, 1.165) is 42.1 Å². The fourth-order valence-electron chi connectivity index (χ4n) is 5.35. The summed E-state index contributed by atoms with van der Waals surface area (Å²) in [6.45, 7) is 5.82. The van der Waals surface area contributed by atoms with Crippen LogP contribution >= 0.6 is 0 Å². The molecule has 246 valence electrons. The second-order valence-electron chi connectivity index (χ2n) is 11.2. The number of likely N-dealkylation sites (tertiary alicyclic amines) is 2. The molecule has 2 saturated heterocycles. The Bertz CT molecular complexity index is 1680. The molecule has 2 aliphatic heterocycles. The normalized spacial score (nSPS) is 15.4. The highest BCUT2D eigenvalue weighted by molar-refractivity contribution is 5.79. The minimum Gasteiger partial charge on any atom is -0.338 e. The van der Waals surface area contributed by atoms with E-state index in [0.29, 0.717) is 50.0 Å². The van der Waals surface area contributed by atoms with Crippen molar-refractivity contribution in [2.45, 2.75) is 65.2 Å². The zero-order valence-corrected chi connectivity index (χ0v) is 26.0. The number of nitriles is 1. The van der Waals surface area contributed by atoms with Gasteiger partial charge in [-0.15, -0.1) is 0 Å². The number of halogens is 5. The molecule has 2 aromatic carbocycles. The molecule has 3 aromatic rings. The molecule has 0 N–H and O–H groups in total. The van der Waals surface area contributed by atoms with Gasteiger partial charge in [0.1, 0.15) is 11.8 Å². The number of benzene rings is 2. The van der Waals surface area contributed by atoms with E-state index in [2.05, 4.69) is 9.98 Å². The molecule has 0 spiro atoms. The summed E-state index contributed by atoms with van der Waals surface area (Å²) in [6.07, 6.45) is -1.87. The summed E-state index contributed by atoms with van der Waals surface area (Å²) in [6, 6.07) is 17.1. The molecule has 0 unspecified atom stereocenters. The van der Waals surface area contributed by atoms with Crippen LogP contribution in [0.5, 0.6) is 0 Å². The van der Waals surface area contributed by atoms with Crippen LogP contribution in [0.2, 0.25) is 0 Å². The summed E-state index contributed by atoms with van der Waals surface area (Å²) < 4.78 is 63.5. The standard InChI is InChI=1S/C19H16F3N3O.C16H18F2N2O/c1-12-9-16(19(20,21)22)24-18(15(12)10-23)14-6-4-13(5-7-14)11-25-8-2-3-17(25)26;1-2-14(19-10-15(17)18)13-7-5-12(6-8-13)11-20-9-3-4-16(20)21/h4-7,9H,2-3,8,11H2,1H3;2,5-8,10,15H,3-4,9,11H2,1H3/b;14-2+,19-10?. The topological polar surface area (TPSA) is 89.7 Å². The molecule has 0 atom stereocenters. The number of rotatable bonds is 8. The van der Waals surface area contributed by atoms with Gasteiger partial charge in [-0.25, -0.2) is 13.8 Å². The molecule has 0 bridgehead atoms. The average Bonchev–Trinajstić information content (AvgIpc) is 3.64. The monoisotopic (exact) mass is 651 g/mol. The molecule has 47 heavy (non-hydrogen) atoms. The van der Waals surface area contributed by atoms with Crippen molar-refractivity contribution < 1.29 is 31.5 Å². The highest BCUT2D eigenvalue weighted by atomic mass is 19.4. The molecule has 5 rings (SSSR count). The number of hydrogen-bond donors (Lipinski definition) is 0. The van der Waals surface area contributed by atoms with Gasteiger partial charge in [-0.05, 0) is 55.0 Å². The van der Waals surface area contributed by atoms with Crippen LogP contribution in [0.3, 0.4) is 0 Å². The van der Waals surface area contributed by atoms with Crippen LogP contribution in [0.15, 0.2) is 65.7 Å². The van der Waals surface area contributed by atoms with Gasteiger partial charge < -0.3 is 9.80 Å². The van der Waals surface area contributed by atoms with Gasteiger partial charge in [-0.3, -0.25) is 14.6 Å². The van der Waals surface area contributed by atoms with Crippen molar-refractivity contribution in [3.8, 4) is 17.3 Å². The van der Waals surface area contributed by atoms with Crippen LogP contribution in [0, 0.1) is 18.3 Å². The third kappa shape index (κ3) is 9.31. The van der Waals surface area contributed by atoms with Gasteiger partial charge >= 0.3 is 6.18 Å². The lowest BCUT2D eigenvalue weighted by atomic mass is 10.0. The van der Waals surface area contributed by atoms with Crippen molar-refractivity contribution in [2.75, 3.05) is 13.1 Å². The maximum Gasteiger partial charge on any atom is 0.433 e. The number of pyridine rings is 1. The largest absolute Gasteiger partial charge is 0.433 e. The number of amides is 2. The lowest BCUT2D eigenvalue weighted by Crippen LogP contribution is -2.23. The first kappa shape index (κ1) is 34.9. The number of aliphatic imine (C=N–C) groups is 1. The SMILES string of the molecule is C/C=C(/N=CC(F)F)c1ccc(CN2CCCC2=O)cc1.Cc1cc(C(F)(F)F)nc(-c2ccc(CN3CCCC3=O)cc2)c1C#N. The smallest absolute Gasteiger partial charge is 0.338 e. The summed E-state index contributed by atoms with van der Waals surface area (Å²) in [7, 11) is 0. The zero-order chi connectivity index (χ0) is 34.1. The molecule has 2 amide bonds. The van der Waals surface area contributed by atoms with E-state index >= 15 is 0 Å². The lowest BCUT2D eigenvalue weighted by Gasteiger charge is -2.16. The molecule has 12 heteroatoms. The van der Waals surface area contributed by atoms with Crippen LogP contribution in [0.4, 0.5) is 22.0 Å². The summed E-state index contributed by atoms with van der Waals surface area (Å²) >= 11 is 0. The Kier molecular flexibility index (Phi) is 11.6. The summed E-state index contributed by atoms with van der Waals surface area (Å²) in [5, 5.41) is 9.31. The van der Waals surface area contributed by atoms with Crippen LogP contribution in [0.25, 0.3) is 17.0 Å². The second kappa shape index (κ2) is 15.6. The quantitative estimate of drug-likeness (QED) is 0.186. The van der Waals surface area contributed by atoms with Crippen molar-refractivity contribution in [2.24, 2.45) is 4.99 Å². The van der Waals surface area contributed by atoms with E-state index in [1.54, 1.807) is 42.2 Å². The first-order valence-corrected chi connectivity index (χ1v) is 15.1. The van der Waals surface area contributed by atoms with E-state index in [-0.39, 0.29) is 28.6 Å². The van der Waals surface area contributed by atoms with E-state index in [1.807, 2.05) is 35.2 Å². The number of carbonyl (C=O) groups is 2. The Balaban J connectivity index is 0.000000218. The Morgan fingerprint density at radius 1 is 0.957 bits per heavy atom. The van der Waals surface area contributed by atoms with Crippen molar-refractivity contribution >= 4 is 23.7 Å². The van der Waals surface area contributed by atoms with Crippen LogP contribution in [0.1, 0.15) is 66.1 Å². The van der Waals surface area contributed by atoms with Crippen LogP contribution in [-0.4, -0.2) is 52.3 Å². The number of nitrogens with zero attached hydrogens (tertiary/aromatic N) is 5. The van der Waals surface area contributed by atoms with Gasteiger partial charge in [-0.1, -0.05) is 54.6 Å². The Morgan fingerprint density at radius 3 is 1.91 bits per heavy atom. The van der Waals surface area contributed by atoms with Gasteiger partial charge in [0, 0.05) is 44.6 Å². The summed E-state index contributed by atoms with van der Waals surface area (Å²) in [5.41, 5.74) is 3.00. The average molecular weight is 652 g/mol. The first-order chi connectivity index (χ1) is 22.4. The van der Waals surface area contributed by atoms with Crippen LogP contribution < -0.4 is 0 Å². The fourth-order valence-corrected chi connectivity index (χ4v) is 5.35. The molecule has 0 aliphatic carbocycles. The highest BCUT2D eigenvalue weighted by Gasteiger charge is 2.34. The van der Waals surface area contributed by atoms with E-state index < -0.39 is 18.3 Å². The lowest BCUT2D eigenvalue weighted by molar-refractivity contribution is -0.141. The second-order valence-corrected chi connectivity index (χ2v) is 11.2. The Morgan fingerprint density at radius 2 is 1.49 bits per heavy atom. The number of alkyl halides is 5. The zero-order valence-electron chi connectivity index (χ0n) is 26.0. The van der Waals surface area contributed by atoms with Crippen molar-refractivity contribution in [1.29, 1.82) is 5.26 Å². The molecule has 2 aliphatic rings. The maximum atomic E-state index is 13.0. The molecule has 2 fully saturated rings. The minimum absolute atomic E-state index is 0.0172. The molecule has 0 saturated carbocycles. The number of hydrogen-bond acceptors (Lipinski definition) is 5. The molecular formula is C35H34F5N5O2. The Hall–Kier alpha value is -4.92. The maximum absolute atomic E-state index is 13.0. The summed E-state index contributed by atoms with van der Waals surface area (Å²) in [5.74, 6) is 0.297. The first-order valence-electron chi connectivity index (χ1n) is 15.1. The third-order valence-corrected chi connectivity index (χ3v) is 7.79. The number of carbonyl (C=O) groups excluding carboxylic acids is 2. The van der Waals surface area contributed by atoms with Gasteiger partial charge in [0.25, 0.3) is 6.43 Å². The van der Waals surface area contributed by atoms with Gasteiger partial charge in [0.15, 0.2) is 0 Å². The number of allylic oxidation sites excluding steroid dienone is 1. The van der Waals surface area contributed by atoms with E-state index in [1.165, 1.54) is 6.92 Å². The number of aromatic nitrogens is 1. The predicted octanol–water partition coefficient (Wildman–Crippen LogP) is 7.58. The fraction of sp³-hybridized carbons (Fsp3) is 0.343. The summed E-state index contributed by atoms with van der Waals surface area (Å²) in [4.78, 5) is 34.3. The highest BCUT2D eigenvalue weighted by Crippen LogP contribution is 2.33. The molecule has 1 aromatic heterocycles. The van der Waals surface area contributed by atoms with Gasteiger partial charge in [-0.2, -0.15) is 18.4 Å². The third-order valence-electron chi connectivity index (χ3n) is 7.79. The van der Waals surface area contributed by atoms with Crippen LogP contribution in [-0.2, 0) is 28.9 Å². The van der Waals surface area contributed by atoms with Gasteiger partial charge in [0.2, 0.25) is 11.8 Å².